The normalized spacial score (nSPS) is 19.5. The number of esters is 2. The fraction of sp³-hybridized carbons (Fsp3) is 0.583. The highest BCUT2D eigenvalue weighted by Crippen LogP contribution is 2.30. The lowest BCUT2D eigenvalue weighted by Gasteiger charge is -2.31. The van der Waals surface area contributed by atoms with Gasteiger partial charge in [0.1, 0.15) is 18.5 Å². The maximum absolute atomic E-state index is 11.9. The van der Waals surface area contributed by atoms with Gasteiger partial charge in [-0.05, 0) is 75.1 Å². The van der Waals surface area contributed by atoms with Crippen molar-refractivity contribution in [2.45, 2.75) is 71.8 Å². The number of ether oxygens (including phenoxy) is 3. The van der Waals surface area contributed by atoms with Gasteiger partial charge < -0.3 is 14.2 Å². The van der Waals surface area contributed by atoms with Crippen LogP contribution in [0.4, 0.5) is 0 Å². The van der Waals surface area contributed by atoms with Gasteiger partial charge in [0, 0.05) is 12.5 Å². The van der Waals surface area contributed by atoms with Crippen molar-refractivity contribution in [2.24, 2.45) is 5.92 Å². The Kier molecular flexibility index (Phi) is 9.75. The highest BCUT2D eigenvalue weighted by molar-refractivity contribution is 5.82. The molecule has 0 aliphatic heterocycles. The standard InChI is InChI=1S/C24H34O5/c1-4-8-23(25)29-22-10-7-6-9-20(22)16-19-11-13-21(14-12-19)28-17-18(3)15-24(26)27-5-2/h11-15,20,22H,4-10,16-17H2,1-3H3/b18-15-/t20-,22+/m0/s1. The molecule has 0 radical (unpaired) electrons. The molecule has 5 heteroatoms. The summed E-state index contributed by atoms with van der Waals surface area (Å²) in [5.74, 6) is 0.732. The Morgan fingerprint density at radius 1 is 1.10 bits per heavy atom. The van der Waals surface area contributed by atoms with Crippen molar-refractivity contribution in [3.05, 3.63) is 41.5 Å². The van der Waals surface area contributed by atoms with Gasteiger partial charge >= 0.3 is 11.9 Å². The molecule has 0 heterocycles. The van der Waals surface area contributed by atoms with Crippen molar-refractivity contribution in [3.63, 3.8) is 0 Å². The Hall–Kier alpha value is -2.30. The minimum Gasteiger partial charge on any atom is -0.489 e. The fourth-order valence-electron chi connectivity index (χ4n) is 3.64. The van der Waals surface area contributed by atoms with Crippen molar-refractivity contribution < 1.29 is 23.8 Å². The number of hydrogen-bond acceptors (Lipinski definition) is 5. The fourth-order valence-corrected chi connectivity index (χ4v) is 3.64. The molecule has 0 spiro atoms. The molecule has 0 aromatic heterocycles. The number of carbonyl (C=O) groups is 2. The molecule has 1 aliphatic rings. The van der Waals surface area contributed by atoms with E-state index in [1.165, 1.54) is 18.1 Å². The number of hydrogen-bond donors (Lipinski definition) is 0. The number of carbonyl (C=O) groups excluding carboxylic acids is 2. The van der Waals surface area contributed by atoms with Crippen LogP contribution in [0.15, 0.2) is 35.9 Å². The van der Waals surface area contributed by atoms with Gasteiger partial charge in [0.2, 0.25) is 0 Å². The molecule has 1 aliphatic carbocycles. The molecule has 1 fully saturated rings. The summed E-state index contributed by atoms with van der Waals surface area (Å²) in [7, 11) is 0. The molecule has 29 heavy (non-hydrogen) atoms. The molecule has 1 saturated carbocycles. The molecule has 1 aromatic carbocycles. The first-order valence-electron chi connectivity index (χ1n) is 10.8. The van der Waals surface area contributed by atoms with Crippen molar-refractivity contribution >= 4 is 11.9 Å². The van der Waals surface area contributed by atoms with Crippen LogP contribution in [0, 0.1) is 5.92 Å². The Balaban J connectivity index is 1.87. The topological polar surface area (TPSA) is 61.8 Å². The first kappa shape index (κ1) is 23.0. The third-order valence-electron chi connectivity index (χ3n) is 5.11. The van der Waals surface area contributed by atoms with Gasteiger partial charge in [0.05, 0.1) is 6.61 Å². The van der Waals surface area contributed by atoms with Crippen LogP contribution in [0.5, 0.6) is 5.75 Å². The summed E-state index contributed by atoms with van der Waals surface area (Å²) >= 11 is 0. The van der Waals surface area contributed by atoms with Crippen LogP contribution < -0.4 is 4.74 Å². The van der Waals surface area contributed by atoms with E-state index in [-0.39, 0.29) is 18.0 Å². The first-order valence-corrected chi connectivity index (χ1v) is 10.8. The zero-order valence-corrected chi connectivity index (χ0v) is 17.9. The molecule has 2 atom stereocenters. The molecule has 160 valence electrons. The zero-order valence-electron chi connectivity index (χ0n) is 17.9. The van der Waals surface area contributed by atoms with E-state index in [1.54, 1.807) is 6.92 Å². The maximum Gasteiger partial charge on any atom is 0.330 e. The van der Waals surface area contributed by atoms with Gasteiger partial charge in [-0.15, -0.1) is 0 Å². The predicted molar refractivity (Wildman–Crippen MR) is 113 cm³/mol. The smallest absolute Gasteiger partial charge is 0.330 e. The minimum atomic E-state index is -0.342. The number of benzene rings is 1. The number of rotatable bonds is 10. The summed E-state index contributed by atoms with van der Waals surface area (Å²) in [6.45, 7) is 6.33. The predicted octanol–water partition coefficient (Wildman–Crippen LogP) is 5.02. The third kappa shape index (κ3) is 8.30. The molecule has 0 unspecified atom stereocenters. The van der Waals surface area contributed by atoms with Crippen LogP contribution in [0.25, 0.3) is 0 Å². The maximum atomic E-state index is 11.9. The summed E-state index contributed by atoms with van der Waals surface area (Å²) in [5.41, 5.74) is 2.03. The molecule has 0 bridgehead atoms. The van der Waals surface area contributed by atoms with Gasteiger partial charge in [-0.25, -0.2) is 4.79 Å². The lowest BCUT2D eigenvalue weighted by atomic mass is 9.82. The van der Waals surface area contributed by atoms with Gasteiger partial charge in [-0.2, -0.15) is 0 Å². The lowest BCUT2D eigenvalue weighted by Crippen LogP contribution is -2.31. The minimum absolute atomic E-state index is 0.0365. The Bertz CT molecular complexity index is 677. The quantitative estimate of drug-likeness (QED) is 0.406. The van der Waals surface area contributed by atoms with Crippen LogP contribution in [0.3, 0.4) is 0 Å². The second kappa shape index (κ2) is 12.3. The molecule has 0 N–H and O–H groups in total. The Morgan fingerprint density at radius 3 is 2.52 bits per heavy atom. The average Bonchev–Trinajstić information content (AvgIpc) is 2.69. The lowest BCUT2D eigenvalue weighted by molar-refractivity contribution is -0.153. The van der Waals surface area contributed by atoms with Crippen LogP contribution in [-0.2, 0) is 25.5 Å². The summed E-state index contributed by atoms with van der Waals surface area (Å²) in [6.07, 6.45) is 8.12. The van der Waals surface area contributed by atoms with E-state index >= 15 is 0 Å². The second-order valence-corrected chi connectivity index (χ2v) is 7.70. The zero-order chi connectivity index (χ0) is 21.1. The Labute approximate surface area is 174 Å². The van der Waals surface area contributed by atoms with E-state index in [4.69, 9.17) is 14.2 Å². The third-order valence-corrected chi connectivity index (χ3v) is 5.11. The van der Waals surface area contributed by atoms with E-state index in [9.17, 15) is 9.59 Å². The summed E-state index contributed by atoms with van der Waals surface area (Å²) in [6, 6.07) is 8.04. The van der Waals surface area contributed by atoms with Crippen LogP contribution in [0.1, 0.15) is 64.9 Å². The van der Waals surface area contributed by atoms with Crippen molar-refractivity contribution in [2.75, 3.05) is 13.2 Å². The van der Waals surface area contributed by atoms with Gasteiger partial charge in [0.15, 0.2) is 0 Å². The van der Waals surface area contributed by atoms with Crippen molar-refractivity contribution in [1.82, 2.24) is 0 Å². The molecule has 1 aromatic rings. The Morgan fingerprint density at radius 2 is 1.83 bits per heavy atom. The molecule has 5 nitrogen and oxygen atoms in total. The second-order valence-electron chi connectivity index (χ2n) is 7.70. The molecule has 0 saturated heterocycles. The molecule has 2 rings (SSSR count). The van der Waals surface area contributed by atoms with Gasteiger partial charge in [-0.1, -0.05) is 25.5 Å². The summed E-state index contributed by atoms with van der Waals surface area (Å²) in [4.78, 5) is 23.4. The molecular formula is C24H34O5. The monoisotopic (exact) mass is 402 g/mol. The molecular weight excluding hydrogens is 368 g/mol. The SMILES string of the molecule is CCCC(=O)O[C@@H]1CCCC[C@H]1Cc1ccc(OC/C(C)=C\C(=O)OCC)cc1. The van der Waals surface area contributed by atoms with E-state index in [1.807, 2.05) is 26.0 Å². The van der Waals surface area contributed by atoms with Crippen LogP contribution in [-0.4, -0.2) is 31.3 Å². The molecule has 0 amide bonds. The van der Waals surface area contributed by atoms with E-state index < -0.39 is 0 Å². The highest BCUT2D eigenvalue weighted by atomic mass is 16.5. The van der Waals surface area contributed by atoms with Crippen LogP contribution in [0.2, 0.25) is 0 Å². The van der Waals surface area contributed by atoms with Gasteiger partial charge in [-0.3, -0.25) is 4.79 Å². The first-order chi connectivity index (χ1) is 14.0. The summed E-state index contributed by atoms with van der Waals surface area (Å²) < 4.78 is 16.4. The van der Waals surface area contributed by atoms with E-state index in [0.29, 0.717) is 25.6 Å². The van der Waals surface area contributed by atoms with E-state index in [0.717, 1.165) is 43.4 Å². The van der Waals surface area contributed by atoms with Crippen LogP contribution >= 0.6 is 0 Å². The van der Waals surface area contributed by atoms with Gasteiger partial charge in [0.25, 0.3) is 0 Å². The van der Waals surface area contributed by atoms with E-state index in [2.05, 4.69) is 12.1 Å². The largest absolute Gasteiger partial charge is 0.489 e. The highest BCUT2D eigenvalue weighted by Gasteiger charge is 2.28. The van der Waals surface area contributed by atoms with Crippen molar-refractivity contribution in [3.8, 4) is 5.75 Å². The summed E-state index contributed by atoms with van der Waals surface area (Å²) in [5, 5.41) is 0. The van der Waals surface area contributed by atoms with Crippen molar-refractivity contribution in [1.29, 1.82) is 0 Å². The average molecular weight is 403 g/mol.